The molecule has 3 amide bonds. The third-order valence-corrected chi connectivity index (χ3v) is 13.7. The normalized spacial score (nSPS) is 18.2. The molecule has 8 rings (SSSR count). The van der Waals surface area contributed by atoms with Crippen molar-refractivity contribution < 1.29 is 57.5 Å². The van der Waals surface area contributed by atoms with E-state index in [-0.39, 0.29) is 79.2 Å². The standard InChI is InChI=1S/C40H40F9N11O4S/c1-56-32-17-24(2-4-29(32)35(55-56)60-15-10-33(61)53-37(60)62)23-6-11-57(12-7-23)20-25-16-28(3-5-30(25)39(44,45)46)65(63,64)59-13-8-27(9-14-59)52-36-50-19-31(40(47,48)49)34(54-36)26-18-51-58(21-26)22-38(41,42)43/h2-5,16-19,21,23,27H,6-15,20,22H2,1H3,(H,50,52,54)(H,53,61,62). The maximum absolute atomic E-state index is 14.3. The molecule has 6 heterocycles. The molecule has 0 bridgehead atoms. The first kappa shape index (κ1) is 45.7. The number of carbonyl (C=O) groups excluding carboxylic acids is 2. The van der Waals surface area contributed by atoms with Gasteiger partial charge >= 0.3 is 24.6 Å². The van der Waals surface area contributed by atoms with E-state index in [1.807, 2.05) is 23.1 Å². The van der Waals surface area contributed by atoms with Gasteiger partial charge in [0.1, 0.15) is 12.1 Å². The number of carbonyl (C=O) groups is 2. The molecule has 3 aliphatic heterocycles. The van der Waals surface area contributed by atoms with E-state index in [4.69, 9.17) is 0 Å². The third-order valence-electron chi connectivity index (χ3n) is 11.8. The van der Waals surface area contributed by atoms with Gasteiger partial charge in [-0.2, -0.15) is 54.0 Å². The molecule has 5 aromatic rings. The number of hydrogen-bond donors (Lipinski definition) is 2. The van der Waals surface area contributed by atoms with Gasteiger partial charge in [0.15, 0.2) is 5.82 Å². The van der Waals surface area contributed by atoms with Gasteiger partial charge in [-0.15, -0.1) is 0 Å². The minimum Gasteiger partial charge on any atom is -0.351 e. The van der Waals surface area contributed by atoms with Gasteiger partial charge in [0.05, 0.1) is 27.9 Å². The number of anilines is 2. The number of aryl methyl sites for hydroxylation is 1. The van der Waals surface area contributed by atoms with Crippen LogP contribution in [0.2, 0.25) is 0 Å². The third kappa shape index (κ3) is 9.90. The number of hydrogen-bond acceptors (Lipinski definition) is 10. The second-order valence-corrected chi connectivity index (χ2v) is 18.1. The van der Waals surface area contributed by atoms with Gasteiger partial charge in [-0.25, -0.2) is 23.2 Å². The molecule has 0 spiro atoms. The Kier molecular flexibility index (Phi) is 12.1. The number of likely N-dealkylation sites (tertiary alicyclic amines) is 1. The zero-order chi connectivity index (χ0) is 46.6. The van der Waals surface area contributed by atoms with Crippen molar-refractivity contribution >= 4 is 44.6 Å². The number of nitrogens with one attached hydrogen (secondary N) is 2. The smallest absolute Gasteiger partial charge is 0.351 e. The first-order chi connectivity index (χ1) is 30.5. The van der Waals surface area contributed by atoms with E-state index in [0.717, 1.165) is 51.4 Å². The summed E-state index contributed by atoms with van der Waals surface area (Å²) < 4.78 is 154. The molecule has 0 unspecified atom stereocenters. The first-order valence-corrected chi connectivity index (χ1v) is 21.8. The maximum atomic E-state index is 14.3. The lowest BCUT2D eigenvalue weighted by molar-refractivity contribution is -0.142. The molecule has 2 aromatic carbocycles. The molecule has 25 heteroatoms. The van der Waals surface area contributed by atoms with Crippen molar-refractivity contribution in [2.24, 2.45) is 7.05 Å². The van der Waals surface area contributed by atoms with Gasteiger partial charge in [-0.1, -0.05) is 6.07 Å². The monoisotopic (exact) mass is 941 g/mol. The Hall–Kier alpha value is -5.82. The first-order valence-electron chi connectivity index (χ1n) is 20.3. The molecule has 0 aliphatic carbocycles. The van der Waals surface area contributed by atoms with Crippen LogP contribution in [0.25, 0.3) is 22.2 Å². The van der Waals surface area contributed by atoms with Crippen LogP contribution in [0.15, 0.2) is 59.9 Å². The van der Waals surface area contributed by atoms with E-state index in [1.165, 1.54) is 4.90 Å². The fourth-order valence-electron chi connectivity index (χ4n) is 8.49. The fraction of sp³-hybridized carbons (Fsp3) is 0.450. The molecule has 3 aliphatic rings. The van der Waals surface area contributed by atoms with Crippen LogP contribution in [0, 0.1) is 0 Å². The van der Waals surface area contributed by atoms with Crippen LogP contribution in [0.4, 0.5) is 56.1 Å². The Morgan fingerprint density at radius 1 is 0.846 bits per heavy atom. The molecule has 2 N–H and O–H groups in total. The lowest BCUT2D eigenvalue weighted by Gasteiger charge is -2.33. The molecule has 348 valence electrons. The molecule has 0 atom stereocenters. The van der Waals surface area contributed by atoms with Crippen molar-refractivity contribution in [3.63, 3.8) is 0 Å². The summed E-state index contributed by atoms with van der Waals surface area (Å²) in [6.07, 6.45) is -10.8. The number of imide groups is 1. The molecule has 3 saturated heterocycles. The minimum atomic E-state index is -4.96. The molecule has 65 heavy (non-hydrogen) atoms. The average Bonchev–Trinajstić information content (AvgIpc) is 3.83. The number of benzene rings is 2. The van der Waals surface area contributed by atoms with Gasteiger partial charge in [0.25, 0.3) is 0 Å². The molecule has 3 aromatic heterocycles. The number of nitrogens with zero attached hydrogens (tertiary/aromatic N) is 9. The lowest BCUT2D eigenvalue weighted by Crippen LogP contribution is -2.49. The highest BCUT2D eigenvalue weighted by Gasteiger charge is 2.39. The quantitative estimate of drug-likeness (QED) is 0.141. The zero-order valence-corrected chi connectivity index (χ0v) is 35.1. The number of alkyl halides is 9. The number of rotatable bonds is 10. The van der Waals surface area contributed by atoms with Gasteiger partial charge in [-0.05, 0) is 86.1 Å². The van der Waals surface area contributed by atoms with E-state index < -0.39 is 64.0 Å². The number of piperidine rings is 2. The van der Waals surface area contributed by atoms with Crippen molar-refractivity contribution in [1.82, 2.24) is 44.1 Å². The van der Waals surface area contributed by atoms with Crippen molar-refractivity contribution in [3.05, 3.63) is 77.2 Å². The van der Waals surface area contributed by atoms with Crippen LogP contribution in [-0.4, -0.2) is 104 Å². The maximum Gasteiger partial charge on any atom is 0.419 e. The Balaban J connectivity index is 0.917. The average molecular weight is 942 g/mol. The Labute approximate surface area is 364 Å². The number of urea groups is 1. The van der Waals surface area contributed by atoms with Crippen LogP contribution in [-0.2, 0) is 47.3 Å². The summed E-state index contributed by atoms with van der Waals surface area (Å²) in [6.45, 7) is -0.897. The van der Waals surface area contributed by atoms with Crippen LogP contribution in [0.1, 0.15) is 60.3 Å². The highest BCUT2D eigenvalue weighted by Crippen LogP contribution is 2.39. The van der Waals surface area contributed by atoms with Crippen molar-refractivity contribution in [1.29, 1.82) is 0 Å². The van der Waals surface area contributed by atoms with Gasteiger partial charge in [0.2, 0.25) is 21.9 Å². The van der Waals surface area contributed by atoms with Crippen LogP contribution >= 0.6 is 0 Å². The van der Waals surface area contributed by atoms with Crippen molar-refractivity contribution in [2.75, 3.05) is 42.9 Å². The predicted octanol–water partition coefficient (Wildman–Crippen LogP) is 6.92. The highest BCUT2D eigenvalue weighted by atomic mass is 32.2. The SMILES string of the molecule is Cn1nc(N2CCC(=O)NC2=O)c2ccc(C3CCN(Cc4cc(S(=O)(=O)N5CCC(Nc6ncc(C(F)(F)F)c(-c7cnn(CC(F)(F)F)c7)n6)CC5)ccc4C(F)(F)F)CC3)cc21. The number of amides is 3. The zero-order valence-electron chi connectivity index (χ0n) is 34.3. The summed E-state index contributed by atoms with van der Waals surface area (Å²) in [6, 6.07) is 7.39. The number of aromatic nitrogens is 6. The molecule has 0 radical (unpaired) electrons. The van der Waals surface area contributed by atoms with Gasteiger partial charge in [0, 0.05) is 69.0 Å². The highest BCUT2D eigenvalue weighted by molar-refractivity contribution is 7.89. The van der Waals surface area contributed by atoms with Crippen LogP contribution in [0.5, 0.6) is 0 Å². The van der Waals surface area contributed by atoms with Gasteiger partial charge in [-0.3, -0.25) is 29.3 Å². The minimum absolute atomic E-state index is 0.0562. The molecule has 0 saturated carbocycles. The topological polar surface area (TPSA) is 163 Å². The molecular formula is C40H40F9N11O4S. The largest absolute Gasteiger partial charge is 0.419 e. The summed E-state index contributed by atoms with van der Waals surface area (Å²) >= 11 is 0. The Bertz CT molecular complexity index is 2720. The van der Waals surface area contributed by atoms with E-state index in [2.05, 4.69) is 30.8 Å². The van der Waals surface area contributed by atoms with Crippen LogP contribution < -0.4 is 15.5 Å². The second kappa shape index (κ2) is 17.2. The van der Waals surface area contributed by atoms with E-state index in [0.29, 0.717) is 42.6 Å². The summed E-state index contributed by atoms with van der Waals surface area (Å²) in [7, 11) is -2.57. The van der Waals surface area contributed by atoms with Gasteiger partial charge < -0.3 is 5.32 Å². The summed E-state index contributed by atoms with van der Waals surface area (Å²) in [4.78, 5) is 34.8. The van der Waals surface area contributed by atoms with Crippen LogP contribution in [0.3, 0.4) is 0 Å². The lowest BCUT2D eigenvalue weighted by atomic mass is 9.88. The molecule has 15 nitrogen and oxygen atoms in total. The Morgan fingerprint density at radius 3 is 2.22 bits per heavy atom. The van der Waals surface area contributed by atoms with E-state index in [9.17, 15) is 57.5 Å². The van der Waals surface area contributed by atoms with E-state index >= 15 is 0 Å². The summed E-state index contributed by atoms with van der Waals surface area (Å²) in [5.74, 6) is -0.177. The number of halogens is 9. The summed E-state index contributed by atoms with van der Waals surface area (Å²) in [5, 5.41) is 13.9. The molecular weight excluding hydrogens is 902 g/mol. The Morgan fingerprint density at radius 2 is 1.55 bits per heavy atom. The van der Waals surface area contributed by atoms with Crippen molar-refractivity contribution in [3.8, 4) is 11.3 Å². The summed E-state index contributed by atoms with van der Waals surface area (Å²) in [5.41, 5.74) is -1.78. The van der Waals surface area contributed by atoms with Crippen molar-refractivity contribution in [2.45, 2.75) is 80.6 Å². The van der Waals surface area contributed by atoms with E-state index in [1.54, 1.807) is 11.7 Å². The number of sulfonamides is 1. The number of fused-ring (bicyclic) bond motifs is 1. The predicted molar refractivity (Wildman–Crippen MR) is 215 cm³/mol. The fourth-order valence-corrected chi connectivity index (χ4v) is 10.0. The molecule has 3 fully saturated rings. The second-order valence-electron chi connectivity index (χ2n) is 16.2.